The smallest absolute Gasteiger partial charge is 0.418 e. The van der Waals surface area contributed by atoms with Crippen LogP contribution < -0.4 is 0 Å². The van der Waals surface area contributed by atoms with E-state index in [0.29, 0.717) is 0 Å². The van der Waals surface area contributed by atoms with Gasteiger partial charge in [0.05, 0.1) is 27.7 Å². The Morgan fingerprint density at radius 2 is 1.42 bits per heavy atom. The van der Waals surface area contributed by atoms with E-state index in [2.05, 4.69) is 21.1 Å². The molecule has 0 fully saturated rings. The maximum Gasteiger partial charge on any atom is 1.00 e. The number of likely N-dealkylation sites (N-methyl/N-ethyl adjacent to an activating group) is 1. The van der Waals surface area contributed by atoms with Crippen LogP contribution in [0, 0.1) is 0 Å². The van der Waals surface area contributed by atoms with Crippen molar-refractivity contribution in [3.63, 3.8) is 0 Å². The second kappa shape index (κ2) is 5.37. The first-order chi connectivity index (χ1) is 5.06. The van der Waals surface area contributed by atoms with Gasteiger partial charge in [0, 0.05) is 0 Å². The van der Waals surface area contributed by atoms with Crippen LogP contribution in [0.5, 0.6) is 0 Å². The van der Waals surface area contributed by atoms with Crippen molar-refractivity contribution in [3.8, 4) is 0 Å². The van der Waals surface area contributed by atoms with Crippen LogP contribution in [0.4, 0.5) is 17.3 Å². The molecule has 0 saturated heterocycles. The summed E-state index contributed by atoms with van der Waals surface area (Å²) in [5.74, 6) is 0. The van der Waals surface area contributed by atoms with Gasteiger partial charge in [-0.1, -0.05) is 0 Å². The summed E-state index contributed by atoms with van der Waals surface area (Å²) < 4.78 is 39.8. The molecule has 0 aliphatic heterocycles. The molecule has 76 valence electrons. The average Bonchev–Trinajstić information content (AvgIpc) is 1.54. The standard InChI is InChI=1S/C5H14NO.BF4/c1-6(2,3)4-5-7;2-1(3,4)5/h7H,4-5H2,1-3H3;/q+1;-1/p+1. The Bertz CT molecular complexity index is 110. The molecule has 0 heterocycles. The number of aliphatic hydroxyl groups is 1. The van der Waals surface area contributed by atoms with Gasteiger partial charge in [0.25, 0.3) is 0 Å². The minimum Gasteiger partial charge on any atom is -0.418 e. The SMILES string of the molecule is C[N+](C)(C)CCO.F[B-](F)(F)F.[H+]. The zero-order chi connectivity index (χ0) is 10.4. The van der Waals surface area contributed by atoms with Crippen LogP contribution in [0.2, 0.25) is 0 Å². The molecule has 0 amide bonds. The van der Waals surface area contributed by atoms with Crippen LogP contribution in [0.1, 0.15) is 1.43 Å². The largest absolute Gasteiger partial charge is 1.00 e. The summed E-state index contributed by atoms with van der Waals surface area (Å²) in [4.78, 5) is 0. The lowest BCUT2D eigenvalue weighted by Gasteiger charge is -2.21. The summed E-state index contributed by atoms with van der Waals surface area (Å²) in [6.07, 6.45) is 0. The first-order valence-corrected chi connectivity index (χ1v) is 3.35. The Hall–Kier alpha value is -0.295. The van der Waals surface area contributed by atoms with Gasteiger partial charge in [0.1, 0.15) is 6.54 Å². The van der Waals surface area contributed by atoms with Gasteiger partial charge in [0.15, 0.2) is 0 Å². The van der Waals surface area contributed by atoms with Crippen LogP contribution in [0.3, 0.4) is 0 Å². The lowest BCUT2D eigenvalue weighted by Crippen LogP contribution is -2.36. The fourth-order valence-electron chi connectivity index (χ4n) is 0.300. The number of quaternary nitrogens is 1. The monoisotopic (exact) mass is 192 g/mol. The number of rotatable bonds is 2. The van der Waals surface area contributed by atoms with Crippen molar-refractivity contribution in [2.75, 3.05) is 34.3 Å². The quantitative estimate of drug-likeness (QED) is 0.394. The molecule has 0 radical (unpaired) electrons. The van der Waals surface area contributed by atoms with E-state index in [1.165, 1.54) is 0 Å². The van der Waals surface area contributed by atoms with Gasteiger partial charge in [-0.15, -0.1) is 0 Å². The third-order valence-electron chi connectivity index (χ3n) is 0.771. The van der Waals surface area contributed by atoms with E-state index in [1.807, 2.05) is 0 Å². The Labute approximate surface area is 71.0 Å². The maximum atomic E-state index is 9.75. The normalized spacial score (nSPS) is 12.0. The fourth-order valence-corrected chi connectivity index (χ4v) is 0.300. The van der Waals surface area contributed by atoms with Crippen LogP contribution >= 0.6 is 0 Å². The summed E-state index contributed by atoms with van der Waals surface area (Å²) in [5, 5.41) is 8.39. The molecule has 12 heavy (non-hydrogen) atoms. The van der Waals surface area contributed by atoms with E-state index >= 15 is 0 Å². The van der Waals surface area contributed by atoms with Crippen molar-refractivity contribution < 1.29 is 28.3 Å². The molecule has 0 aromatic heterocycles. The van der Waals surface area contributed by atoms with Gasteiger partial charge in [0.2, 0.25) is 0 Å². The zero-order valence-electron chi connectivity index (χ0n) is 8.40. The molecule has 0 aliphatic carbocycles. The summed E-state index contributed by atoms with van der Waals surface area (Å²) in [6.45, 7) is 1.11. The second-order valence-electron chi connectivity index (χ2n) is 3.23. The summed E-state index contributed by atoms with van der Waals surface area (Å²) in [5.41, 5.74) is 0. The topological polar surface area (TPSA) is 20.2 Å². The highest BCUT2D eigenvalue weighted by molar-refractivity contribution is 6.50. The van der Waals surface area contributed by atoms with Crippen molar-refractivity contribution in [1.82, 2.24) is 0 Å². The predicted molar refractivity (Wildman–Crippen MR) is 41.3 cm³/mol. The molecule has 7 heteroatoms. The highest BCUT2D eigenvalue weighted by atomic mass is 19.5. The summed E-state index contributed by atoms with van der Waals surface area (Å²) >= 11 is 0. The number of hydrogen-bond acceptors (Lipinski definition) is 1. The van der Waals surface area contributed by atoms with Gasteiger partial charge in [-0.3, -0.25) is 0 Å². The van der Waals surface area contributed by atoms with Gasteiger partial charge in [-0.2, -0.15) is 0 Å². The molecule has 0 aliphatic rings. The lowest BCUT2D eigenvalue weighted by atomic mass is 10.3. The second-order valence-corrected chi connectivity index (χ2v) is 3.23. The van der Waals surface area contributed by atoms with Crippen molar-refractivity contribution in [1.29, 1.82) is 0 Å². The van der Waals surface area contributed by atoms with E-state index in [-0.39, 0.29) is 8.03 Å². The Kier molecular flexibility index (Phi) is 6.37. The highest BCUT2D eigenvalue weighted by Crippen LogP contribution is 2.06. The first kappa shape index (κ1) is 14.2. The zero-order valence-corrected chi connectivity index (χ0v) is 7.40. The lowest BCUT2D eigenvalue weighted by molar-refractivity contribution is -0.870. The van der Waals surface area contributed by atoms with Crippen LogP contribution in [-0.2, 0) is 0 Å². The number of halogens is 4. The average molecular weight is 192 g/mol. The molecule has 2 nitrogen and oxygen atoms in total. The Morgan fingerprint density at radius 3 is 1.42 bits per heavy atom. The Morgan fingerprint density at radius 1 is 1.17 bits per heavy atom. The molecule has 1 N–H and O–H groups in total. The van der Waals surface area contributed by atoms with E-state index in [4.69, 9.17) is 5.11 Å². The molecule has 0 rings (SSSR count). The molecule has 0 aromatic rings. The van der Waals surface area contributed by atoms with Gasteiger partial charge in [-0.05, 0) is 0 Å². The van der Waals surface area contributed by atoms with Crippen molar-refractivity contribution >= 4 is 7.25 Å². The molecule has 0 unspecified atom stereocenters. The highest BCUT2D eigenvalue weighted by Gasteiger charge is 2.20. The minimum atomic E-state index is -6.00. The summed E-state index contributed by atoms with van der Waals surface area (Å²) in [7, 11) is 0.155. The number of aliphatic hydroxyl groups excluding tert-OH is 1. The van der Waals surface area contributed by atoms with Crippen molar-refractivity contribution in [2.45, 2.75) is 0 Å². The molecule has 0 saturated carbocycles. The Balaban J connectivity index is -0.000000150. The molecular weight excluding hydrogens is 177 g/mol. The van der Waals surface area contributed by atoms with E-state index in [0.717, 1.165) is 11.0 Å². The van der Waals surface area contributed by atoms with Crippen LogP contribution in [0.25, 0.3) is 0 Å². The number of hydrogen-bond donors (Lipinski definition) is 1. The summed E-state index contributed by atoms with van der Waals surface area (Å²) in [6, 6.07) is 0. The van der Waals surface area contributed by atoms with Gasteiger partial charge < -0.3 is 26.9 Å². The third kappa shape index (κ3) is 53.6. The fraction of sp³-hybridized carbons (Fsp3) is 1.00. The van der Waals surface area contributed by atoms with Crippen LogP contribution in [-0.4, -0.2) is 51.1 Å². The van der Waals surface area contributed by atoms with Crippen molar-refractivity contribution in [2.24, 2.45) is 0 Å². The van der Waals surface area contributed by atoms with Gasteiger partial charge in [-0.25, -0.2) is 0 Å². The van der Waals surface area contributed by atoms with E-state index in [1.54, 1.807) is 0 Å². The molecule has 0 spiro atoms. The first-order valence-electron chi connectivity index (χ1n) is 3.35. The van der Waals surface area contributed by atoms with Crippen molar-refractivity contribution in [3.05, 3.63) is 0 Å². The maximum absolute atomic E-state index is 9.75. The minimum absolute atomic E-state index is 0. The third-order valence-corrected chi connectivity index (χ3v) is 0.771. The van der Waals surface area contributed by atoms with Gasteiger partial charge >= 0.3 is 8.68 Å². The van der Waals surface area contributed by atoms with E-state index in [9.17, 15) is 17.3 Å². The number of nitrogens with zero attached hydrogens (tertiary/aromatic N) is 1. The molecule has 0 bridgehead atoms. The molecular formula is C5H15BF4NO+. The predicted octanol–water partition coefficient (Wildman–Crippen LogP) is 1.10. The van der Waals surface area contributed by atoms with E-state index < -0.39 is 7.25 Å². The molecule has 0 aromatic carbocycles. The molecule has 0 atom stereocenters. The van der Waals surface area contributed by atoms with Crippen LogP contribution in [0.15, 0.2) is 0 Å².